The quantitative estimate of drug-likeness (QED) is 0.948. The van der Waals surface area contributed by atoms with E-state index in [0.717, 1.165) is 4.47 Å². The molecule has 6 heteroatoms. The van der Waals surface area contributed by atoms with Gasteiger partial charge in [0.25, 0.3) is 0 Å². The van der Waals surface area contributed by atoms with Crippen LogP contribution in [-0.4, -0.2) is 14.8 Å². The number of benzene rings is 1. The monoisotopic (exact) mass is 312 g/mol. The van der Waals surface area contributed by atoms with Crippen molar-refractivity contribution in [2.45, 2.75) is 26.4 Å². The minimum atomic E-state index is -0.305. The lowest BCUT2D eigenvalue weighted by Crippen LogP contribution is -2.11. The molecule has 18 heavy (non-hydrogen) atoms. The molecule has 2 N–H and O–H groups in total. The molecule has 1 aromatic heterocycles. The number of hydrogen-bond donors (Lipinski definition) is 1. The van der Waals surface area contributed by atoms with Crippen LogP contribution < -0.4 is 5.73 Å². The molecule has 0 saturated carbocycles. The fraction of sp³-hybridized carbons (Fsp3) is 0.333. The second-order valence-corrected chi connectivity index (χ2v) is 5.09. The van der Waals surface area contributed by atoms with Crippen molar-refractivity contribution < 1.29 is 4.39 Å². The third-order valence-electron chi connectivity index (χ3n) is 2.63. The van der Waals surface area contributed by atoms with Crippen molar-refractivity contribution in [3.05, 3.63) is 34.3 Å². The molecule has 96 valence electrons. The SMILES string of the molecule is CC(C)n1c(CN)nnc1-c1cc(F)ccc1Br. The first-order valence-electron chi connectivity index (χ1n) is 5.64. The van der Waals surface area contributed by atoms with Crippen molar-refractivity contribution >= 4 is 15.9 Å². The fourth-order valence-electron chi connectivity index (χ4n) is 1.86. The van der Waals surface area contributed by atoms with E-state index in [1.807, 2.05) is 18.4 Å². The van der Waals surface area contributed by atoms with E-state index in [0.29, 0.717) is 23.8 Å². The van der Waals surface area contributed by atoms with E-state index in [2.05, 4.69) is 26.1 Å². The Morgan fingerprint density at radius 1 is 1.39 bits per heavy atom. The van der Waals surface area contributed by atoms with Crippen LogP contribution in [0.4, 0.5) is 4.39 Å². The van der Waals surface area contributed by atoms with Crippen molar-refractivity contribution in [1.29, 1.82) is 0 Å². The van der Waals surface area contributed by atoms with E-state index in [4.69, 9.17) is 5.73 Å². The Labute approximate surface area is 113 Å². The summed E-state index contributed by atoms with van der Waals surface area (Å²) in [6.07, 6.45) is 0. The van der Waals surface area contributed by atoms with Crippen LogP contribution >= 0.6 is 15.9 Å². The third kappa shape index (κ3) is 2.30. The average molecular weight is 313 g/mol. The van der Waals surface area contributed by atoms with Gasteiger partial charge < -0.3 is 10.3 Å². The Balaban J connectivity index is 2.63. The van der Waals surface area contributed by atoms with Gasteiger partial charge in [-0.1, -0.05) is 15.9 Å². The first-order chi connectivity index (χ1) is 8.54. The number of rotatable bonds is 3. The van der Waals surface area contributed by atoms with Gasteiger partial charge in [0.05, 0.1) is 6.54 Å². The van der Waals surface area contributed by atoms with E-state index >= 15 is 0 Å². The summed E-state index contributed by atoms with van der Waals surface area (Å²) in [6, 6.07) is 4.65. The molecular formula is C12H14BrFN4. The number of nitrogens with zero attached hydrogens (tertiary/aromatic N) is 3. The van der Waals surface area contributed by atoms with Crippen molar-refractivity contribution in [3.8, 4) is 11.4 Å². The van der Waals surface area contributed by atoms with E-state index in [9.17, 15) is 4.39 Å². The van der Waals surface area contributed by atoms with Crippen LogP contribution in [0.15, 0.2) is 22.7 Å². The van der Waals surface area contributed by atoms with Crippen molar-refractivity contribution in [2.75, 3.05) is 0 Å². The Morgan fingerprint density at radius 2 is 2.11 bits per heavy atom. The summed E-state index contributed by atoms with van der Waals surface area (Å²) in [6.45, 7) is 4.33. The summed E-state index contributed by atoms with van der Waals surface area (Å²) in [7, 11) is 0. The lowest BCUT2D eigenvalue weighted by molar-refractivity contribution is 0.573. The number of aromatic nitrogens is 3. The molecule has 1 aromatic carbocycles. The molecule has 0 fully saturated rings. The first-order valence-corrected chi connectivity index (χ1v) is 6.43. The Bertz CT molecular complexity index is 565. The van der Waals surface area contributed by atoms with Crippen LogP contribution in [0.5, 0.6) is 0 Å². The molecule has 2 aromatic rings. The molecule has 0 spiro atoms. The highest BCUT2D eigenvalue weighted by Crippen LogP contribution is 2.29. The van der Waals surface area contributed by atoms with Crippen molar-refractivity contribution in [2.24, 2.45) is 5.73 Å². The van der Waals surface area contributed by atoms with Crippen LogP contribution in [-0.2, 0) is 6.54 Å². The van der Waals surface area contributed by atoms with Gasteiger partial charge in [0, 0.05) is 16.1 Å². The van der Waals surface area contributed by atoms with E-state index in [1.54, 1.807) is 6.07 Å². The molecule has 0 aliphatic carbocycles. The average Bonchev–Trinajstić information content (AvgIpc) is 2.75. The maximum atomic E-state index is 13.4. The van der Waals surface area contributed by atoms with Gasteiger partial charge in [-0.05, 0) is 32.0 Å². The Hall–Kier alpha value is -1.27. The zero-order valence-electron chi connectivity index (χ0n) is 10.2. The molecule has 0 saturated heterocycles. The van der Waals surface area contributed by atoms with Gasteiger partial charge in [0.15, 0.2) is 5.82 Å². The highest BCUT2D eigenvalue weighted by Gasteiger charge is 2.17. The zero-order chi connectivity index (χ0) is 13.3. The lowest BCUT2D eigenvalue weighted by Gasteiger charge is -2.14. The molecule has 0 atom stereocenters. The minimum Gasteiger partial charge on any atom is -0.324 e. The lowest BCUT2D eigenvalue weighted by atomic mass is 10.2. The summed E-state index contributed by atoms with van der Waals surface area (Å²) < 4.78 is 16.0. The molecule has 2 rings (SSSR count). The standard InChI is InChI=1S/C12H14BrFN4/c1-7(2)18-11(6-15)16-17-12(18)9-5-8(14)3-4-10(9)13/h3-5,7H,6,15H2,1-2H3. The summed E-state index contributed by atoms with van der Waals surface area (Å²) in [4.78, 5) is 0. The number of halogens is 2. The number of hydrogen-bond acceptors (Lipinski definition) is 3. The normalized spacial score (nSPS) is 11.2. The van der Waals surface area contributed by atoms with Gasteiger partial charge in [-0.15, -0.1) is 10.2 Å². The van der Waals surface area contributed by atoms with Gasteiger partial charge in [-0.25, -0.2) is 4.39 Å². The van der Waals surface area contributed by atoms with Crippen molar-refractivity contribution in [3.63, 3.8) is 0 Å². The van der Waals surface area contributed by atoms with Gasteiger partial charge in [0.2, 0.25) is 0 Å². The molecule has 1 heterocycles. The predicted octanol–water partition coefficient (Wildman–Crippen LogP) is 2.89. The molecule has 0 aliphatic rings. The second-order valence-electron chi connectivity index (χ2n) is 4.23. The van der Waals surface area contributed by atoms with E-state index in [-0.39, 0.29) is 11.9 Å². The maximum absolute atomic E-state index is 13.4. The topological polar surface area (TPSA) is 56.7 Å². The fourth-order valence-corrected chi connectivity index (χ4v) is 2.28. The zero-order valence-corrected chi connectivity index (χ0v) is 11.8. The van der Waals surface area contributed by atoms with Crippen LogP contribution in [0.25, 0.3) is 11.4 Å². The van der Waals surface area contributed by atoms with Crippen LogP contribution in [0.2, 0.25) is 0 Å². The summed E-state index contributed by atoms with van der Waals surface area (Å²) in [5, 5.41) is 8.16. The molecule has 0 amide bonds. The maximum Gasteiger partial charge on any atom is 0.165 e. The van der Waals surface area contributed by atoms with Crippen LogP contribution in [0.3, 0.4) is 0 Å². The van der Waals surface area contributed by atoms with Crippen LogP contribution in [0.1, 0.15) is 25.7 Å². The molecule has 0 unspecified atom stereocenters. The van der Waals surface area contributed by atoms with Gasteiger partial charge >= 0.3 is 0 Å². The van der Waals surface area contributed by atoms with Gasteiger partial charge in [0.1, 0.15) is 11.6 Å². The Kier molecular flexibility index (Phi) is 3.77. The summed E-state index contributed by atoms with van der Waals surface area (Å²) in [5.41, 5.74) is 6.32. The third-order valence-corrected chi connectivity index (χ3v) is 3.33. The van der Waals surface area contributed by atoms with Gasteiger partial charge in [-0.3, -0.25) is 0 Å². The second kappa shape index (κ2) is 5.16. The molecule has 0 bridgehead atoms. The molecular weight excluding hydrogens is 299 g/mol. The highest BCUT2D eigenvalue weighted by molar-refractivity contribution is 9.10. The summed E-state index contributed by atoms with van der Waals surface area (Å²) in [5.74, 6) is 1.01. The molecule has 0 radical (unpaired) electrons. The first kappa shape index (κ1) is 13.2. The van der Waals surface area contributed by atoms with Crippen LogP contribution in [0, 0.1) is 5.82 Å². The van der Waals surface area contributed by atoms with Gasteiger partial charge in [-0.2, -0.15) is 0 Å². The largest absolute Gasteiger partial charge is 0.324 e. The Morgan fingerprint density at radius 3 is 2.72 bits per heavy atom. The minimum absolute atomic E-state index is 0.156. The van der Waals surface area contributed by atoms with E-state index in [1.165, 1.54) is 12.1 Å². The predicted molar refractivity (Wildman–Crippen MR) is 71.4 cm³/mol. The highest BCUT2D eigenvalue weighted by atomic mass is 79.9. The molecule has 4 nitrogen and oxygen atoms in total. The van der Waals surface area contributed by atoms with E-state index < -0.39 is 0 Å². The smallest absolute Gasteiger partial charge is 0.165 e. The molecule has 0 aliphatic heterocycles. The van der Waals surface area contributed by atoms with Crippen molar-refractivity contribution in [1.82, 2.24) is 14.8 Å². The summed E-state index contributed by atoms with van der Waals surface area (Å²) >= 11 is 3.40. The number of nitrogens with two attached hydrogens (primary N) is 1.